The van der Waals surface area contributed by atoms with E-state index >= 15 is 0 Å². The molecule has 0 spiro atoms. The van der Waals surface area contributed by atoms with E-state index in [1.165, 1.54) is 0 Å². The summed E-state index contributed by atoms with van der Waals surface area (Å²) in [5.41, 5.74) is 0. The Bertz CT molecular complexity index is 311. The van der Waals surface area contributed by atoms with Crippen LogP contribution < -0.4 is 5.32 Å². The molecular formula is C14H28IN3O2. The van der Waals surface area contributed by atoms with E-state index in [2.05, 4.69) is 22.1 Å². The second-order valence-electron chi connectivity index (χ2n) is 4.86. The van der Waals surface area contributed by atoms with Gasteiger partial charge in [0, 0.05) is 26.7 Å². The lowest BCUT2D eigenvalue weighted by atomic mass is 9.98. The second kappa shape index (κ2) is 11.2. The third-order valence-corrected chi connectivity index (χ3v) is 3.37. The van der Waals surface area contributed by atoms with Gasteiger partial charge in [0.1, 0.15) is 0 Å². The Kier molecular flexibility index (Phi) is 10.9. The summed E-state index contributed by atoms with van der Waals surface area (Å²) in [5.74, 6) is 0.817. The van der Waals surface area contributed by atoms with Crippen LogP contribution in [0.5, 0.6) is 0 Å². The number of esters is 1. The fourth-order valence-corrected chi connectivity index (χ4v) is 2.33. The normalized spacial score (nSPS) is 19.2. The molecule has 0 amide bonds. The van der Waals surface area contributed by atoms with Crippen LogP contribution in [0.4, 0.5) is 0 Å². The maximum absolute atomic E-state index is 11.8. The van der Waals surface area contributed by atoms with Crippen molar-refractivity contribution in [1.29, 1.82) is 0 Å². The zero-order valence-electron chi connectivity index (χ0n) is 12.9. The van der Waals surface area contributed by atoms with Gasteiger partial charge in [-0.1, -0.05) is 13.3 Å². The summed E-state index contributed by atoms with van der Waals surface area (Å²) in [4.78, 5) is 18.3. The van der Waals surface area contributed by atoms with E-state index in [9.17, 15) is 4.79 Å². The van der Waals surface area contributed by atoms with Gasteiger partial charge in [0.05, 0.1) is 12.5 Å². The Labute approximate surface area is 139 Å². The van der Waals surface area contributed by atoms with Gasteiger partial charge in [-0.05, 0) is 26.2 Å². The average molecular weight is 397 g/mol. The van der Waals surface area contributed by atoms with Crippen LogP contribution in [0.25, 0.3) is 0 Å². The van der Waals surface area contributed by atoms with Gasteiger partial charge in [0.25, 0.3) is 0 Å². The Balaban J connectivity index is 0.00000361. The third-order valence-electron chi connectivity index (χ3n) is 3.37. The Morgan fingerprint density at radius 3 is 2.80 bits per heavy atom. The van der Waals surface area contributed by atoms with Gasteiger partial charge in [0.15, 0.2) is 5.96 Å². The Morgan fingerprint density at radius 1 is 1.45 bits per heavy atom. The number of likely N-dealkylation sites (tertiary alicyclic amines) is 1. The summed E-state index contributed by atoms with van der Waals surface area (Å²) < 4.78 is 5.12. The highest BCUT2D eigenvalue weighted by molar-refractivity contribution is 14.0. The number of carbonyl (C=O) groups excluding carboxylic acids is 1. The number of hydrogen-bond acceptors (Lipinski definition) is 3. The highest BCUT2D eigenvalue weighted by Gasteiger charge is 2.28. The molecule has 0 aromatic carbocycles. The monoisotopic (exact) mass is 397 g/mol. The van der Waals surface area contributed by atoms with Crippen molar-refractivity contribution in [3.05, 3.63) is 0 Å². The van der Waals surface area contributed by atoms with Gasteiger partial charge in [-0.15, -0.1) is 24.0 Å². The molecule has 1 aliphatic heterocycles. The molecule has 118 valence electrons. The number of guanidine groups is 1. The lowest BCUT2D eigenvalue weighted by Crippen LogP contribution is -2.48. The van der Waals surface area contributed by atoms with Crippen LogP contribution in [-0.2, 0) is 9.53 Å². The quantitative estimate of drug-likeness (QED) is 0.254. The van der Waals surface area contributed by atoms with E-state index < -0.39 is 0 Å². The van der Waals surface area contributed by atoms with Crippen molar-refractivity contribution in [3.63, 3.8) is 0 Å². The first-order chi connectivity index (χ1) is 9.22. The highest BCUT2D eigenvalue weighted by atomic mass is 127. The van der Waals surface area contributed by atoms with Crippen LogP contribution in [0.3, 0.4) is 0 Å². The lowest BCUT2D eigenvalue weighted by molar-refractivity contribution is -0.149. The Morgan fingerprint density at radius 2 is 2.20 bits per heavy atom. The molecule has 1 saturated heterocycles. The molecule has 6 heteroatoms. The molecule has 1 unspecified atom stereocenters. The molecule has 1 heterocycles. The molecule has 20 heavy (non-hydrogen) atoms. The molecule has 1 aliphatic rings. The maximum Gasteiger partial charge on any atom is 0.310 e. The number of halogens is 1. The molecule has 5 nitrogen and oxygen atoms in total. The molecule has 0 aromatic rings. The molecule has 0 aliphatic carbocycles. The smallest absolute Gasteiger partial charge is 0.310 e. The lowest BCUT2D eigenvalue weighted by Gasteiger charge is -2.33. The topological polar surface area (TPSA) is 53.9 Å². The number of ether oxygens (including phenoxy) is 1. The number of aliphatic imine (C=N–C) groups is 1. The van der Waals surface area contributed by atoms with Crippen molar-refractivity contribution in [3.8, 4) is 0 Å². The van der Waals surface area contributed by atoms with Crippen molar-refractivity contribution in [2.24, 2.45) is 10.9 Å². The van der Waals surface area contributed by atoms with Crippen molar-refractivity contribution < 1.29 is 9.53 Å². The number of nitrogens with zero attached hydrogens (tertiary/aromatic N) is 2. The first kappa shape index (κ1) is 19.5. The van der Waals surface area contributed by atoms with Crippen molar-refractivity contribution in [1.82, 2.24) is 10.2 Å². The number of nitrogens with one attached hydrogen (secondary N) is 1. The highest BCUT2D eigenvalue weighted by Crippen LogP contribution is 2.18. The van der Waals surface area contributed by atoms with Gasteiger partial charge in [0.2, 0.25) is 0 Å². The minimum absolute atomic E-state index is 0. The molecule has 1 N–H and O–H groups in total. The summed E-state index contributed by atoms with van der Waals surface area (Å²) in [7, 11) is 1.79. The van der Waals surface area contributed by atoms with Crippen LogP contribution in [-0.4, -0.2) is 50.1 Å². The first-order valence-electron chi connectivity index (χ1n) is 7.35. The molecule has 0 aromatic heterocycles. The van der Waals surface area contributed by atoms with Gasteiger partial charge in [-0.25, -0.2) is 0 Å². The van der Waals surface area contributed by atoms with E-state index in [1.807, 2.05) is 6.92 Å². The molecule has 1 fully saturated rings. The predicted octanol–water partition coefficient (Wildman–Crippen LogP) is 2.26. The van der Waals surface area contributed by atoms with E-state index in [0.717, 1.165) is 44.7 Å². The molecule has 1 rings (SSSR count). The van der Waals surface area contributed by atoms with Crippen molar-refractivity contribution in [2.45, 2.75) is 39.5 Å². The fraction of sp³-hybridized carbons (Fsp3) is 0.857. The zero-order valence-corrected chi connectivity index (χ0v) is 15.2. The van der Waals surface area contributed by atoms with E-state index in [-0.39, 0.29) is 35.9 Å². The molecule has 1 atom stereocenters. The molecule has 0 bridgehead atoms. The van der Waals surface area contributed by atoms with E-state index in [4.69, 9.17) is 4.74 Å². The van der Waals surface area contributed by atoms with Gasteiger partial charge in [-0.2, -0.15) is 0 Å². The zero-order chi connectivity index (χ0) is 14.1. The summed E-state index contributed by atoms with van der Waals surface area (Å²) >= 11 is 0. The van der Waals surface area contributed by atoms with Crippen LogP contribution in [0.2, 0.25) is 0 Å². The fourth-order valence-electron chi connectivity index (χ4n) is 2.33. The van der Waals surface area contributed by atoms with Gasteiger partial charge < -0.3 is 15.0 Å². The first-order valence-corrected chi connectivity index (χ1v) is 7.35. The number of hydrogen-bond donors (Lipinski definition) is 1. The minimum atomic E-state index is -0.0730. The maximum atomic E-state index is 11.8. The molecule has 0 radical (unpaired) electrons. The predicted molar refractivity (Wildman–Crippen MR) is 92.6 cm³/mol. The van der Waals surface area contributed by atoms with Crippen molar-refractivity contribution in [2.75, 3.05) is 33.3 Å². The third kappa shape index (κ3) is 6.28. The summed E-state index contributed by atoms with van der Waals surface area (Å²) in [6.07, 6.45) is 4.23. The van der Waals surface area contributed by atoms with Crippen molar-refractivity contribution >= 4 is 35.9 Å². The number of piperidine rings is 1. The van der Waals surface area contributed by atoms with E-state index in [1.54, 1.807) is 7.05 Å². The number of unbranched alkanes of at least 4 members (excludes halogenated alkanes) is 1. The number of carbonyl (C=O) groups is 1. The van der Waals surface area contributed by atoms with Crippen LogP contribution in [0.15, 0.2) is 4.99 Å². The molecule has 0 saturated carbocycles. The van der Waals surface area contributed by atoms with Crippen LogP contribution in [0.1, 0.15) is 39.5 Å². The van der Waals surface area contributed by atoms with Gasteiger partial charge >= 0.3 is 5.97 Å². The minimum Gasteiger partial charge on any atom is -0.466 e. The summed E-state index contributed by atoms with van der Waals surface area (Å²) in [6, 6.07) is 0. The average Bonchev–Trinajstić information content (AvgIpc) is 2.44. The SMILES string of the molecule is CCCCNC(=NC)N1CCCC(C(=O)OCC)C1.I. The standard InChI is InChI=1S/C14H27N3O2.HI/c1-4-6-9-16-14(15-3)17-10-7-8-12(11-17)13(18)19-5-2;/h12H,4-11H2,1-3H3,(H,15,16);1H. The molecular weight excluding hydrogens is 369 g/mol. The van der Waals surface area contributed by atoms with Crippen LogP contribution in [0, 0.1) is 5.92 Å². The van der Waals surface area contributed by atoms with E-state index in [0.29, 0.717) is 13.2 Å². The summed E-state index contributed by atoms with van der Waals surface area (Å²) in [6.45, 7) is 7.08. The summed E-state index contributed by atoms with van der Waals surface area (Å²) in [5, 5.41) is 3.36. The largest absolute Gasteiger partial charge is 0.466 e. The second-order valence-corrected chi connectivity index (χ2v) is 4.86. The number of rotatable bonds is 5. The Hall–Kier alpha value is -0.530. The van der Waals surface area contributed by atoms with Gasteiger partial charge in [-0.3, -0.25) is 9.79 Å². The van der Waals surface area contributed by atoms with Crippen LogP contribution >= 0.6 is 24.0 Å².